The molecule has 0 spiro atoms. The molecule has 3 heterocycles. The molecular formula is C42H53N9O9. The van der Waals surface area contributed by atoms with Gasteiger partial charge in [-0.15, -0.1) is 15.1 Å². The Morgan fingerprint density at radius 2 is 1.15 bits per heavy atom. The molecule has 3 aromatic rings. The van der Waals surface area contributed by atoms with Crippen molar-refractivity contribution < 1.29 is 43.6 Å². The zero-order valence-electron chi connectivity index (χ0n) is 35.4. The Labute approximate surface area is 348 Å². The van der Waals surface area contributed by atoms with Gasteiger partial charge in [-0.3, -0.25) is 10.6 Å². The monoisotopic (exact) mass is 827 g/mol. The molecule has 2 aliphatic rings. The van der Waals surface area contributed by atoms with E-state index in [0.29, 0.717) is 32.5 Å². The summed E-state index contributed by atoms with van der Waals surface area (Å²) in [5, 5.41) is 32.7. The van der Waals surface area contributed by atoms with Crippen molar-refractivity contribution in [1.29, 1.82) is 0 Å². The topological polar surface area (TPSA) is 222 Å². The van der Waals surface area contributed by atoms with Crippen LogP contribution in [0.4, 0.5) is 19.2 Å². The Balaban J connectivity index is 1.24. The first-order valence-corrected chi connectivity index (χ1v) is 19.4. The van der Waals surface area contributed by atoms with E-state index in [-0.39, 0.29) is 18.5 Å². The third kappa shape index (κ3) is 12.7. The minimum atomic E-state index is -1.77. The highest BCUT2D eigenvalue weighted by atomic mass is 16.7. The van der Waals surface area contributed by atoms with Gasteiger partial charge in [-0.1, -0.05) is 53.8 Å². The molecule has 320 valence electrons. The van der Waals surface area contributed by atoms with Crippen molar-refractivity contribution in [3.63, 3.8) is 0 Å². The lowest BCUT2D eigenvalue weighted by molar-refractivity contribution is -0.128. The largest absolute Gasteiger partial charge is 0.465 e. The van der Waals surface area contributed by atoms with Crippen LogP contribution in [0.5, 0.6) is 0 Å². The zero-order valence-corrected chi connectivity index (χ0v) is 35.4. The SMILES string of the molecule is Cc1c(-c2ccc(C3=CCN(C(=NC(=O)OC(C)(C)O)NC(=O)O)CC3)cc2)nnn1-c1ccc(C2=CCN(C(=NC(=O)OC(C)(C)C)NC(=O)OC(C)(C)C)CC2)cc1. The Kier molecular flexibility index (Phi) is 13.5. The zero-order chi connectivity index (χ0) is 44.0. The lowest BCUT2D eigenvalue weighted by atomic mass is 9.97. The molecule has 0 unspecified atom stereocenters. The summed E-state index contributed by atoms with van der Waals surface area (Å²) in [6.45, 7) is 16.5. The summed E-state index contributed by atoms with van der Waals surface area (Å²) >= 11 is 0. The maximum atomic E-state index is 12.6. The molecule has 2 aliphatic heterocycles. The molecule has 0 radical (unpaired) electrons. The minimum Gasteiger partial charge on any atom is -0.465 e. The van der Waals surface area contributed by atoms with E-state index in [1.165, 1.54) is 13.8 Å². The Bertz CT molecular complexity index is 2200. The van der Waals surface area contributed by atoms with Gasteiger partial charge in [0.1, 0.15) is 16.9 Å². The summed E-state index contributed by atoms with van der Waals surface area (Å²) in [5.41, 5.74) is 5.95. The third-order valence-electron chi connectivity index (χ3n) is 8.88. The van der Waals surface area contributed by atoms with Crippen molar-refractivity contribution >= 4 is 47.4 Å². The number of benzene rings is 2. The highest BCUT2D eigenvalue weighted by Crippen LogP contribution is 2.29. The number of alkyl carbamates (subject to hydrolysis) is 1. The van der Waals surface area contributed by atoms with Crippen LogP contribution in [0.15, 0.2) is 70.7 Å². The molecule has 5 rings (SSSR count). The van der Waals surface area contributed by atoms with Gasteiger partial charge < -0.3 is 34.2 Å². The number of carbonyl (C=O) groups is 4. The predicted octanol–water partition coefficient (Wildman–Crippen LogP) is 6.73. The number of amides is 4. The van der Waals surface area contributed by atoms with Gasteiger partial charge >= 0.3 is 24.4 Å². The van der Waals surface area contributed by atoms with E-state index in [0.717, 1.165) is 44.9 Å². The van der Waals surface area contributed by atoms with E-state index < -0.39 is 41.4 Å². The molecule has 0 bridgehead atoms. The smallest absolute Gasteiger partial charge is 0.439 e. The van der Waals surface area contributed by atoms with Crippen LogP contribution in [-0.2, 0) is 14.2 Å². The molecular weight excluding hydrogens is 775 g/mol. The second-order valence-electron chi connectivity index (χ2n) is 16.6. The lowest BCUT2D eigenvalue weighted by Crippen LogP contribution is -2.48. The molecule has 0 aliphatic carbocycles. The molecule has 2 aromatic carbocycles. The van der Waals surface area contributed by atoms with E-state index in [4.69, 9.17) is 14.2 Å². The van der Waals surface area contributed by atoms with Gasteiger partial charge in [0.25, 0.3) is 0 Å². The molecule has 0 saturated heterocycles. The number of ether oxygens (including phenoxy) is 3. The molecule has 18 nitrogen and oxygen atoms in total. The number of hydrogen-bond acceptors (Lipinski definition) is 10. The normalized spacial score (nSPS) is 15.4. The summed E-state index contributed by atoms with van der Waals surface area (Å²) in [6, 6.07) is 15.9. The highest BCUT2D eigenvalue weighted by molar-refractivity contribution is 6.00. The Hall–Kier alpha value is -6.56. The van der Waals surface area contributed by atoms with Crippen LogP contribution in [0.2, 0.25) is 0 Å². The fourth-order valence-corrected chi connectivity index (χ4v) is 6.29. The number of nitrogens with one attached hydrogen (secondary N) is 2. The molecule has 0 fully saturated rings. The van der Waals surface area contributed by atoms with Gasteiger partial charge in [-0.05, 0) is 95.7 Å². The molecule has 0 atom stereocenters. The first-order chi connectivity index (χ1) is 28.0. The average molecular weight is 828 g/mol. The first-order valence-electron chi connectivity index (χ1n) is 19.4. The van der Waals surface area contributed by atoms with Crippen LogP contribution in [0, 0.1) is 6.92 Å². The van der Waals surface area contributed by atoms with Crippen LogP contribution in [0.1, 0.15) is 85.1 Å². The van der Waals surface area contributed by atoms with Crippen LogP contribution >= 0.6 is 0 Å². The van der Waals surface area contributed by atoms with Gasteiger partial charge in [0, 0.05) is 45.6 Å². The molecule has 60 heavy (non-hydrogen) atoms. The Morgan fingerprint density at radius 3 is 1.60 bits per heavy atom. The number of nitrogens with zero attached hydrogens (tertiary/aromatic N) is 7. The number of aromatic nitrogens is 3. The number of carbonyl (C=O) groups excluding carboxylic acids is 3. The quantitative estimate of drug-likeness (QED) is 0.0908. The lowest BCUT2D eigenvalue weighted by Gasteiger charge is -2.30. The van der Waals surface area contributed by atoms with Crippen LogP contribution in [0.25, 0.3) is 28.1 Å². The van der Waals surface area contributed by atoms with E-state index in [1.54, 1.807) is 56.0 Å². The maximum absolute atomic E-state index is 12.6. The summed E-state index contributed by atoms with van der Waals surface area (Å²) < 4.78 is 17.4. The summed E-state index contributed by atoms with van der Waals surface area (Å²) in [6.07, 6.45) is 1.09. The van der Waals surface area contributed by atoms with Gasteiger partial charge in [-0.25, -0.2) is 23.9 Å². The van der Waals surface area contributed by atoms with Gasteiger partial charge in [-0.2, -0.15) is 0 Å². The number of hydrogen-bond donors (Lipinski definition) is 4. The van der Waals surface area contributed by atoms with Crippen molar-refractivity contribution in [3.8, 4) is 16.9 Å². The summed E-state index contributed by atoms with van der Waals surface area (Å²) in [5.74, 6) is -1.91. The fraction of sp³-hybridized carbons (Fsp3) is 0.429. The summed E-state index contributed by atoms with van der Waals surface area (Å²) in [7, 11) is 0. The standard InChI is InChI=1S/C42H53N9O9/c1-26-33(31-12-10-27(11-13-31)29-18-22-49(23-19-29)34(43-36(52)53)44-39(56)60-42(8,9)57)47-48-51(26)32-16-14-28(15-17-32)30-20-24-50(25-21-30)35(45-37(54)58-40(2,3)4)46-38(55)59-41(5,6)7/h10-18,20,57H,19,21-25H2,1-9H3,(H,52,53)(H,43,44,56)(H,45,46,54,55). The summed E-state index contributed by atoms with van der Waals surface area (Å²) in [4.78, 5) is 59.9. The molecule has 1 aromatic heterocycles. The van der Waals surface area contributed by atoms with Crippen molar-refractivity contribution in [2.75, 3.05) is 26.2 Å². The fourth-order valence-electron chi connectivity index (χ4n) is 6.29. The number of aliphatic imine (C=N–C) groups is 2. The van der Waals surface area contributed by atoms with Gasteiger partial charge in [0.15, 0.2) is 0 Å². The van der Waals surface area contributed by atoms with Crippen molar-refractivity contribution in [1.82, 2.24) is 35.4 Å². The van der Waals surface area contributed by atoms with E-state index >= 15 is 0 Å². The Morgan fingerprint density at radius 1 is 0.683 bits per heavy atom. The van der Waals surface area contributed by atoms with E-state index in [2.05, 4.69) is 30.9 Å². The number of aliphatic hydroxyl groups is 1. The highest BCUT2D eigenvalue weighted by Gasteiger charge is 2.26. The van der Waals surface area contributed by atoms with E-state index in [1.807, 2.05) is 67.6 Å². The number of carboxylic acid groups (broad SMARTS) is 1. The molecule has 0 saturated carbocycles. The van der Waals surface area contributed by atoms with Crippen LogP contribution in [-0.4, -0.2) is 114 Å². The van der Waals surface area contributed by atoms with Crippen molar-refractivity contribution in [3.05, 3.63) is 77.5 Å². The van der Waals surface area contributed by atoms with Crippen LogP contribution in [0.3, 0.4) is 0 Å². The molecule has 4 N–H and O–H groups in total. The molecule has 18 heteroatoms. The predicted molar refractivity (Wildman–Crippen MR) is 224 cm³/mol. The number of guanidine groups is 2. The average Bonchev–Trinajstić information content (AvgIpc) is 3.53. The number of rotatable bonds is 5. The third-order valence-corrected chi connectivity index (χ3v) is 8.88. The minimum absolute atomic E-state index is 0.0531. The van der Waals surface area contributed by atoms with Crippen molar-refractivity contribution in [2.45, 2.75) is 92.1 Å². The maximum Gasteiger partial charge on any atom is 0.439 e. The first kappa shape index (κ1) is 44.5. The van der Waals surface area contributed by atoms with Crippen molar-refractivity contribution in [2.24, 2.45) is 9.98 Å². The van der Waals surface area contributed by atoms with Gasteiger partial charge in [0.2, 0.25) is 17.7 Å². The molecule has 4 amide bonds. The van der Waals surface area contributed by atoms with Crippen LogP contribution < -0.4 is 10.6 Å². The van der Waals surface area contributed by atoms with Gasteiger partial charge in [0.05, 0.1) is 11.4 Å². The van der Waals surface area contributed by atoms with E-state index in [9.17, 15) is 29.4 Å². The second kappa shape index (κ2) is 18.1. The second-order valence-corrected chi connectivity index (χ2v) is 16.6.